The van der Waals surface area contributed by atoms with Crippen LogP contribution in [0.25, 0.3) is 17.3 Å². The molecule has 2 unspecified atom stereocenters. The number of aromatic nitrogens is 2. The summed E-state index contributed by atoms with van der Waals surface area (Å²) in [6.45, 7) is 8.07. The normalized spacial score (nSPS) is 14.2. The van der Waals surface area contributed by atoms with Crippen molar-refractivity contribution in [2.45, 2.75) is 52.6 Å². The second-order valence-corrected chi connectivity index (χ2v) is 10.3. The van der Waals surface area contributed by atoms with Crippen LogP contribution in [0.3, 0.4) is 0 Å². The van der Waals surface area contributed by atoms with Gasteiger partial charge in [-0.25, -0.2) is 27.1 Å². The monoisotopic (exact) mass is 449 g/mol. The molecule has 0 bridgehead atoms. The van der Waals surface area contributed by atoms with Gasteiger partial charge in [0.25, 0.3) is 0 Å². The van der Waals surface area contributed by atoms with Crippen LogP contribution in [0, 0.1) is 11.7 Å². The molecule has 2 aromatic rings. The van der Waals surface area contributed by atoms with E-state index in [0.717, 1.165) is 17.0 Å². The zero-order valence-electron chi connectivity index (χ0n) is 19.0. The van der Waals surface area contributed by atoms with E-state index in [1.807, 2.05) is 13.8 Å². The van der Waals surface area contributed by atoms with Gasteiger partial charge >= 0.3 is 0 Å². The summed E-state index contributed by atoms with van der Waals surface area (Å²) in [6.07, 6.45) is 5.55. The van der Waals surface area contributed by atoms with Gasteiger partial charge < -0.3 is 5.11 Å². The number of aliphatic hydroxyl groups is 1. The minimum absolute atomic E-state index is 0.0414. The minimum atomic E-state index is -3.57. The molecule has 0 saturated carbocycles. The van der Waals surface area contributed by atoms with Crippen LogP contribution < -0.4 is 4.31 Å². The van der Waals surface area contributed by atoms with Gasteiger partial charge in [-0.1, -0.05) is 46.3 Å². The molecule has 1 N–H and O–H groups in total. The highest BCUT2D eigenvalue weighted by Crippen LogP contribution is 2.31. The van der Waals surface area contributed by atoms with Crippen LogP contribution in [0.4, 0.5) is 10.3 Å². The molecule has 0 aliphatic carbocycles. The van der Waals surface area contributed by atoms with E-state index in [-0.39, 0.29) is 17.7 Å². The number of hydrogen-bond donors (Lipinski definition) is 1. The van der Waals surface area contributed by atoms with Crippen molar-refractivity contribution in [3.63, 3.8) is 0 Å². The third-order valence-corrected chi connectivity index (χ3v) is 6.39. The molecule has 0 fully saturated rings. The number of hydrogen-bond acceptors (Lipinski definition) is 5. The third kappa shape index (κ3) is 6.58. The molecular weight excluding hydrogens is 417 g/mol. The number of rotatable bonds is 9. The number of anilines is 1. The number of nitrogens with zero attached hydrogens (tertiary/aromatic N) is 3. The van der Waals surface area contributed by atoms with Gasteiger partial charge in [0.1, 0.15) is 5.82 Å². The lowest BCUT2D eigenvalue weighted by atomic mass is 9.96. The van der Waals surface area contributed by atoms with Crippen molar-refractivity contribution in [2.24, 2.45) is 5.92 Å². The van der Waals surface area contributed by atoms with Crippen LogP contribution in [0.1, 0.15) is 57.7 Å². The summed E-state index contributed by atoms with van der Waals surface area (Å²) < 4.78 is 38.7. The van der Waals surface area contributed by atoms with Crippen LogP contribution in [-0.2, 0) is 10.0 Å². The van der Waals surface area contributed by atoms with Gasteiger partial charge in [-0.05, 0) is 42.5 Å². The van der Waals surface area contributed by atoms with Crippen molar-refractivity contribution in [2.75, 3.05) is 17.6 Å². The van der Waals surface area contributed by atoms with Crippen molar-refractivity contribution >= 4 is 22.0 Å². The molecule has 0 spiro atoms. The molecule has 1 aromatic heterocycles. The summed E-state index contributed by atoms with van der Waals surface area (Å²) in [5.41, 5.74) is 2.43. The summed E-state index contributed by atoms with van der Waals surface area (Å²) in [5.74, 6) is 0.00218. The molecule has 170 valence electrons. The first kappa shape index (κ1) is 24.9. The summed E-state index contributed by atoms with van der Waals surface area (Å²) >= 11 is 0. The summed E-state index contributed by atoms with van der Waals surface area (Å²) in [6, 6.07) is 5.85. The second-order valence-electron chi connectivity index (χ2n) is 8.24. The standard InChI is InChI=1S/C23H32FN3O3S/c1-7-16(4)14-19(28)12-13-20-21(15(2)3)25-23(27(5)31(6,29)30)26-22(20)17-8-10-18(24)11-9-17/h8-13,15-16,19,28H,7,14H2,1-6H3/b13-12+. The molecule has 8 heteroatoms. The molecule has 31 heavy (non-hydrogen) atoms. The van der Waals surface area contributed by atoms with Crippen LogP contribution in [0.15, 0.2) is 30.3 Å². The summed E-state index contributed by atoms with van der Waals surface area (Å²) in [7, 11) is -2.17. The quantitative estimate of drug-likeness (QED) is 0.604. The largest absolute Gasteiger partial charge is 0.389 e. The van der Waals surface area contributed by atoms with E-state index >= 15 is 0 Å². The average Bonchev–Trinajstić information content (AvgIpc) is 2.70. The Balaban J connectivity index is 2.69. The molecule has 0 aliphatic rings. The maximum atomic E-state index is 13.5. The zero-order chi connectivity index (χ0) is 23.3. The van der Waals surface area contributed by atoms with Gasteiger partial charge in [-0.3, -0.25) is 0 Å². The highest BCUT2D eigenvalue weighted by Gasteiger charge is 2.22. The summed E-state index contributed by atoms with van der Waals surface area (Å²) in [4.78, 5) is 9.04. The maximum absolute atomic E-state index is 13.5. The SMILES string of the molecule is CCC(C)CC(O)/C=C/c1c(-c2ccc(F)cc2)nc(N(C)S(C)(=O)=O)nc1C(C)C. The fraction of sp³-hybridized carbons (Fsp3) is 0.478. The van der Waals surface area contributed by atoms with Crippen molar-refractivity contribution in [1.82, 2.24) is 9.97 Å². The van der Waals surface area contributed by atoms with Crippen molar-refractivity contribution in [3.8, 4) is 11.3 Å². The first-order chi connectivity index (χ1) is 14.4. The van der Waals surface area contributed by atoms with E-state index < -0.39 is 16.1 Å². The molecule has 1 heterocycles. The Kier molecular flexibility index (Phi) is 8.31. The van der Waals surface area contributed by atoms with Gasteiger partial charge in [0.05, 0.1) is 23.7 Å². The Bertz CT molecular complexity index is 1020. The van der Waals surface area contributed by atoms with Crippen LogP contribution in [0.2, 0.25) is 0 Å². The van der Waals surface area contributed by atoms with E-state index in [2.05, 4.69) is 23.8 Å². The van der Waals surface area contributed by atoms with E-state index in [4.69, 9.17) is 0 Å². The van der Waals surface area contributed by atoms with Crippen molar-refractivity contribution in [1.29, 1.82) is 0 Å². The molecule has 1 aromatic carbocycles. The summed E-state index contributed by atoms with van der Waals surface area (Å²) in [5, 5.41) is 10.4. The van der Waals surface area contributed by atoms with Gasteiger partial charge in [-0.2, -0.15) is 0 Å². The molecule has 0 amide bonds. The van der Waals surface area contributed by atoms with E-state index in [0.29, 0.717) is 34.9 Å². The number of aliphatic hydroxyl groups excluding tert-OH is 1. The van der Waals surface area contributed by atoms with Crippen molar-refractivity contribution < 1.29 is 17.9 Å². The Morgan fingerprint density at radius 3 is 2.29 bits per heavy atom. The first-order valence-electron chi connectivity index (χ1n) is 10.4. The van der Waals surface area contributed by atoms with E-state index in [1.165, 1.54) is 19.2 Å². The molecule has 0 radical (unpaired) electrons. The highest BCUT2D eigenvalue weighted by molar-refractivity contribution is 7.92. The van der Waals surface area contributed by atoms with Crippen molar-refractivity contribution in [3.05, 3.63) is 47.4 Å². The molecule has 6 nitrogen and oxygen atoms in total. The fourth-order valence-electron chi connectivity index (χ4n) is 3.06. The second kappa shape index (κ2) is 10.3. The minimum Gasteiger partial charge on any atom is -0.389 e. The molecule has 2 atom stereocenters. The topological polar surface area (TPSA) is 83.4 Å². The maximum Gasteiger partial charge on any atom is 0.239 e. The number of sulfonamides is 1. The lowest BCUT2D eigenvalue weighted by Crippen LogP contribution is -2.27. The number of benzene rings is 1. The smallest absolute Gasteiger partial charge is 0.239 e. The fourth-order valence-corrected chi connectivity index (χ4v) is 3.44. The van der Waals surface area contributed by atoms with Crippen LogP contribution >= 0.6 is 0 Å². The van der Waals surface area contributed by atoms with Gasteiger partial charge in [0.2, 0.25) is 16.0 Å². The predicted octanol–water partition coefficient (Wildman–Crippen LogP) is 4.61. The zero-order valence-corrected chi connectivity index (χ0v) is 19.8. The first-order valence-corrected chi connectivity index (χ1v) is 12.3. The molecule has 0 aliphatic heterocycles. The third-order valence-electron chi connectivity index (χ3n) is 5.23. The van der Waals surface area contributed by atoms with E-state index in [1.54, 1.807) is 24.3 Å². The Morgan fingerprint density at radius 2 is 1.77 bits per heavy atom. The predicted molar refractivity (Wildman–Crippen MR) is 124 cm³/mol. The Hall–Kier alpha value is -2.32. The molecule has 0 saturated heterocycles. The van der Waals surface area contributed by atoms with Gasteiger partial charge in [0.15, 0.2) is 0 Å². The highest BCUT2D eigenvalue weighted by atomic mass is 32.2. The molecule has 2 rings (SSSR count). The lowest BCUT2D eigenvalue weighted by Gasteiger charge is -2.20. The number of halogens is 1. The lowest BCUT2D eigenvalue weighted by molar-refractivity contribution is 0.190. The average molecular weight is 450 g/mol. The van der Waals surface area contributed by atoms with Crippen LogP contribution in [-0.4, -0.2) is 42.9 Å². The van der Waals surface area contributed by atoms with Gasteiger partial charge in [-0.15, -0.1) is 0 Å². The van der Waals surface area contributed by atoms with E-state index in [9.17, 15) is 17.9 Å². The Morgan fingerprint density at radius 1 is 1.16 bits per heavy atom. The molecular formula is C23H32FN3O3S. The van der Waals surface area contributed by atoms with Gasteiger partial charge in [0, 0.05) is 18.2 Å². The Labute approximate surface area is 184 Å². The van der Waals surface area contributed by atoms with Crippen LogP contribution in [0.5, 0.6) is 0 Å².